The van der Waals surface area contributed by atoms with Crippen LogP contribution in [0.5, 0.6) is 0 Å². The Kier molecular flexibility index (Phi) is 5.17. The highest BCUT2D eigenvalue weighted by atomic mass is 79.9. The Morgan fingerprint density at radius 1 is 1.00 bits per heavy atom. The Morgan fingerprint density at radius 3 is 2.12 bits per heavy atom. The number of nitrogens with zero attached hydrogens (tertiary/aromatic N) is 1. The smallest absolute Gasteiger partial charge is 0.323 e. The molecule has 3 amide bonds. The lowest BCUT2D eigenvalue weighted by molar-refractivity contribution is -0.121. The molecule has 2 aromatic rings. The Labute approximate surface area is 171 Å². The minimum Gasteiger partial charge on any atom is -0.323 e. The minimum atomic E-state index is -1.06. The van der Waals surface area contributed by atoms with Crippen molar-refractivity contribution in [3.63, 3.8) is 0 Å². The van der Waals surface area contributed by atoms with E-state index < -0.39 is 11.6 Å². The van der Waals surface area contributed by atoms with Crippen molar-refractivity contribution >= 4 is 72.7 Å². The maximum Gasteiger partial charge on any atom is 0.329 e. The molecule has 1 N–H and O–H groups in total. The molecule has 1 atom stereocenters. The number of imide groups is 1. The summed E-state index contributed by atoms with van der Waals surface area (Å²) in [5.41, 5.74) is 0.189. The predicted molar refractivity (Wildman–Crippen MR) is 106 cm³/mol. The Balaban J connectivity index is 1.94. The Morgan fingerprint density at radius 2 is 1.56 bits per heavy atom. The summed E-state index contributed by atoms with van der Waals surface area (Å²) in [6.07, 6.45) is 0.348. The Hall–Kier alpha value is -1.08. The first kappa shape index (κ1) is 18.7. The SMILES string of the molecule is C[C@]1(Cc2cc(Br)cc(Br)c2)NC(=O)N(c2cc(Cl)cc(Cl)c2)C1=O. The monoisotopic (exact) mass is 504 g/mol. The number of carbonyl (C=O) groups excluding carboxylic acids is 2. The molecule has 4 nitrogen and oxygen atoms in total. The molecule has 25 heavy (non-hydrogen) atoms. The summed E-state index contributed by atoms with van der Waals surface area (Å²) in [5, 5.41) is 3.48. The number of urea groups is 1. The van der Waals surface area contributed by atoms with Crippen molar-refractivity contribution in [2.24, 2.45) is 0 Å². The van der Waals surface area contributed by atoms with E-state index in [1.54, 1.807) is 13.0 Å². The van der Waals surface area contributed by atoms with Gasteiger partial charge in [0.25, 0.3) is 5.91 Å². The van der Waals surface area contributed by atoms with Crippen LogP contribution in [0.1, 0.15) is 12.5 Å². The van der Waals surface area contributed by atoms with Gasteiger partial charge in [0, 0.05) is 25.4 Å². The number of carbonyl (C=O) groups is 2. The molecule has 0 unspecified atom stereocenters. The van der Waals surface area contributed by atoms with Gasteiger partial charge in [0.05, 0.1) is 5.69 Å². The van der Waals surface area contributed by atoms with Crippen LogP contribution < -0.4 is 10.2 Å². The van der Waals surface area contributed by atoms with Crippen molar-refractivity contribution in [1.29, 1.82) is 0 Å². The second kappa shape index (κ2) is 6.91. The fourth-order valence-corrected chi connectivity index (χ4v) is 4.73. The zero-order chi connectivity index (χ0) is 18.4. The molecule has 1 aliphatic heterocycles. The van der Waals surface area contributed by atoms with E-state index >= 15 is 0 Å². The van der Waals surface area contributed by atoms with E-state index in [1.807, 2.05) is 18.2 Å². The van der Waals surface area contributed by atoms with E-state index in [-0.39, 0.29) is 5.91 Å². The summed E-state index contributed by atoms with van der Waals surface area (Å²) < 4.78 is 1.77. The molecule has 130 valence electrons. The van der Waals surface area contributed by atoms with E-state index in [0.717, 1.165) is 19.4 Å². The number of hydrogen-bond donors (Lipinski definition) is 1. The molecule has 3 rings (SSSR count). The lowest BCUT2D eigenvalue weighted by Gasteiger charge is -2.22. The molecular weight excluding hydrogens is 495 g/mol. The Bertz CT molecular complexity index is 850. The van der Waals surface area contributed by atoms with E-state index in [0.29, 0.717) is 22.2 Å². The van der Waals surface area contributed by atoms with Crippen molar-refractivity contribution in [2.45, 2.75) is 18.9 Å². The zero-order valence-corrected chi connectivity index (χ0v) is 17.6. The normalized spacial score (nSPS) is 20.1. The second-order valence-electron chi connectivity index (χ2n) is 5.98. The van der Waals surface area contributed by atoms with Gasteiger partial charge < -0.3 is 5.32 Å². The van der Waals surface area contributed by atoms with E-state index in [1.165, 1.54) is 12.1 Å². The van der Waals surface area contributed by atoms with Crippen LogP contribution in [-0.2, 0) is 11.2 Å². The largest absolute Gasteiger partial charge is 0.329 e. The molecule has 1 saturated heterocycles. The number of halogens is 4. The minimum absolute atomic E-state index is 0.346. The van der Waals surface area contributed by atoms with Crippen LogP contribution in [0.3, 0.4) is 0 Å². The summed E-state index contributed by atoms with van der Waals surface area (Å²) in [4.78, 5) is 26.5. The van der Waals surface area contributed by atoms with Gasteiger partial charge in [0.2, 0.25) is 0 Å². The first-order valence-electron chi connectivity index (χ1n) is 7.26. The maximum atomic E-state index is 13.0. The zero-order valence-electron chi connectivity index (χ0n) is 12.9. The van der Waals surface area contributed by atoms with Gasteiger partial charge in [-0.25, -0.2) is 9.69 Å². The first-order chi connectivity index (χ1) is 11.7. The highest BCUT2D eigenvalue weighted by Gasteiger charge is 2.48. The summed E-state index contributed by atoms with van der Waals surface area (Å²) >= 11 is 18.8. The van der Waals surface area contributed by atoms with Gasteiger partial charge in [-0.15, -0.1) is 0 Å². The first-order valence-corrected chi connectivity index (χ1v) is 9.60. The van der Waals surface area contributed by atoms with Crippen molar-refractivity contribution in [1.82, 2.24) is 5.32 Å². The molecular formula is C17H12Br2Cl2N2O2. The predicted octanol–water partition coefficient (Wildman–Crippen LogP) is 5.58. The third-order valence-electron chi connectivity index (χ3n) is 3.85. The van der Waals surface area contributed by atoms with Gasteiger partial charge >= 0.3 is 6.03 Å². The molecule has 8 heteroatoms. The van der Waals surface area contributed by atoms with Gasteiger partial charge in [0.1, 0.15) is 5.54 Å². The molecule has 0 spiro atoms. The van der Waals surface area contributed by atoms with Crippen molar-refractivity contribution in [3.8, 4) is 0 Å². The number of benzene rings is 2. The number of hydrogen-bond acceptors (Lipinski definition) is 2. The standard InChI is InChI=1S/C17H12Br2Cl2N2O2/c1-17(8-9-2-10(18)4-11(19)3-9)15(24)23(16(25)22-17)14-6-12(20)5-13(21)7-14/h2-7H,8H2,1H3,(H,22,25)/t17-/m1/s1. The highest BCUT2D eigenvalue weighted by Crippen LogP contribution is 2.32. The van der Waals surface area contributed by atoms with E-state index in [9.17, 15) is 9.59 Å². The fourth-order valence-electron chi connectivity index (χ4n) is 2.83. The number of amides is 3. The van der Waals surface area contributed by atoms with Crippen molar-refractivity contribution < 1.29 is 9.59 Å². The van der Waals surface area contributed by atoms with Crippen molar-refractivity contribution in [3.05, 3.63) is 61.0 Å². The quantitative estimate of drug-likeness (QED) is 0.553. The molecule has 0 aliphatic carbocycles. The fraction of sp³-hybridized carbons (Fsp3) is 0.176. The van der Waals surface area contributed by atoms with Crippen LogP contribution in [-0.4, -0.2) is 17.5 Å². The molecule has 2 aromatic carbocycles. The molecule has 1 aliphatic rings. The van der Waals surface area contributed by atoms with Gasteiger partial charge in [-0.05, 0) is 48.9 Å². The molecule has 1 heterocycles. The van der Waals surface area contributed by atoms with Crippen LogP contribution in [0.25, 0.3) is 0 Å². The second-order valence-corrected chi connectivity index (χ2v) is 8.69. The molecule has 0 bridgehead atoms. The maximum absolute atomic E-state index is 13.0. The average Bonchev–Trinajstić information content (AvgIpc) is 2.65. The highest BCUT2D eigenvalue weighted by molar-refractivity contribution is 9.11. The number of rotatable bonds is 3. The molecule has 0 radical (unpaired) electrons. The van der Waals surface area contributed by atoms with E-state index in [2.05, 4.69) is 37.2 Å². The van der Waals surface area contributed by atoms with Crippen LogP contribution >= 0.6 is 55.1 Å². The van der Waals surface area contributed by atoms with E-state index in [4.69, 9.17) is 23.2 Å². The summed E-state index contributed by atoms with van der Waals surface area (Å²) in [6, 6.07) is 9.84. The van der Waals surface area contributed by atoms with Crippen LogP contribution in [0, 0.1) is 0 Å². The van der Waals surface area contributed by atoms with Gasteiger partial charge in [-0.2, -0.15) is 0 Å². The summed E-state index contributed by atoms with van der Waals surface area (Å²) in [7, 11) is 0. The van der Waals surface area contributed by atoms with Crippen molar-refractivity contribution in [2.75, 3.05) is 4.90 Å². The molecule has 1 fully saturated rings. The average molecular weight is 507 g/mol. The third-order valence-corrected chi connectivity index (χ3v) is 5.20. The topological polar surface area (TPSA) is 49.4 Å². The van der Waals surface area contributed by atoms with Gasteiger partial charge in [-0.3, -0.25) is 4.79 Å². The summed E-state index contributed by atoms with van der Waals surface area (Å²) in [5.74, 6) is -0.355. The molecule has 0 saturated carbocycles. The molecule has 0 aromatic heterocycles. The number of nitrogens with one attached hydrogen (secondary N) is 1. The lowest BCUT2D eigenvalue weighted by atomic mass is 9.93. The van der Waals surface area contributed by atoms with Crippen LogP contribution in [0.2, 0.25) is 10.0 Å². The number of anilines is 1. The van der Waals surface area contributed by atoms with Gasteiger partial charge in [-0.1, -0.05) is 55.1 Å². The van der Waals surface area contributed by atoms with Crippen LogP contribution in [0.15, 0.2) is 45.3 Å². The third kappa shape index (κ3) is 3.87. The summed E-state index contributed by atoms with van der Waals surface area (Å²) in [6.45, 7) is 1.70. The van der Waals surface area contributed by atoms with Gasteiger partial charge in [0.15, 0.2) is 0 Å². The van der Waals surface area contributed by atoms with Crippen LogP contribution in [0.4, 0.5) is 10.5 Å². The lowest BCUT2D eigenvalue weighted by Crippen LogP contribution is -2.46.